The van der Waals surface area contributed by atoms with E-state index in [4.69, 9.17) is 10.6 Å². The van der Waals surface area contributed by atoms with Crippen LogP contribution in [-0.2, 0) is 30.3 Å². The van der Waals surface area contributed by atoms with Crippen molar-refractivity contribution < 1.29 is 23.9 Å². The Bertz CT molecular complexity index is 581. The maximum atomic E-state index is 11.6. The largest absolute Gasteiger partial charge is 0.469 e. The molecule has 0 saturated heterocycles. The van der Waals surface area contributed by atoms with Crippen molar-refractivity contribution in [2.75, 3.05) is 14.2 Å². The number of carbonyl (C=O) groups is 2. The number of esters is 2. The van der Waals surface area contributed by atoms with E-state index in [-0.39, 0.29) is 24.4 Å². The van der Waals surface area contributed by atoms with Gasteiger partial charge in [-0.05, 0) is 18.1 Å². The lowest BCUT2D eigenvalue weighted by molar-refractivity contribution is -0.141. The second-order valence-corrected chi connectivity index (χ2v) is 4.51. The van der Waals surface area contributed by atoms with Crippen molar-refractivity contribution in [3.8, 4) is 0 Å². The Morgan fingerprint density at radius 2 is 1.87 bits per heavy atom. The Morgan fingerprint density at radius 3 is 2.48 bits per heavy atom. The zero-order chi connectivity index (χ0) is 17.1. The minimum absolute atomic E-state index is 0.115. The van der Waals surface area contributed by atoms with Crippen molar-refractivity contribution >= 4 is 17.8 Å². The summed E-state index contributed by atoms with van der Waals surface area (Å²) in [5.41, 5.74) is 6.73. The second kappa shape index (κ2) is 9.99. The van der Waals surface area contributed by atoms with Crippen molar-refractivity contribution in [2.24, 2.45) is 10.9 Å². The zero-order valence-electron chi connectivity index (χ0n) is 13.2. The summed E-state index contributed by atoms with van der Waals surface area (Å²) in [5.74, 6) is -1.02. The van der Waals surface area contributed by atoms with Crippen LogP contribution in [0.1, 0.15) is 18.4 Å². The lowest BCUT2D eigenvalue weighted by atomic mass is 10.1. The van der Waals surface area contributed by atoms with E-state index in [0.717, 1.165) is 5.56 Å². The predicted molar refractivity (Wildman–Crippen MR) is 84.2 cm³/mol. The van der Waals surface area contributed by atoms with E-state index < -0.39 is 11.9 Å². The standard InChI is InChI=1S/C16H20N2O5/c1-21-15(19)10-6-9-13(16(20)22-2)23-18-14(17)11-12-7-4-3-5-8-12/h3-5,7-9H,6,10-11H2,1-2H3,(H2,17,18)/b13-9+. The highest BCUT2D eigenvalue weighted by molar-refractivity contribution is 5.87. The van der Waals surface area contributed by atoms with Crippen LogP contribution in [0.5, 0.6) is 0 Å². The quantitative estimate of drug-likeness (QED) is 0.195. The molecule has 0 aliphatic rings. The van der Waals surface area contributed by atoms with Crippen LogP contribution in [0.2, 0.25) is 0 Å². The average Bonchev–Trinajstić information content (AvgIpc) is 2.57. The molecule has 7 nitrogen and oxygen atoms in total. The molecule has 0 aliphatic carbocycles. The van der Waals surface area contributed by atoms with Crippen molar-refractivity contribution in [1.29, 1.82) is 0 Å². The number of methoxy groups -OCH3 is 2. The number of amidine groups is 1. The smallest absolute Gasteiger partial charge is 0.376 e. The number of allylic oxidation sites excluding steroid dienone is 1. The number of benzene rings is 1. The molecule has 1 aromatic carbocycles. The molecule has 0 aliphatic heterocycles. The lowest BCUT2D eigenvalue weighted by Crippen LogP contribution is -2.16. The summed E-state index contributed by atoms with van der Waals surface area (Å²) in [6.45, 7) is 0. The van der Waals surface area contributed by atoms with Crippen LogP contribution in [0.4, 0.5) is 0 Å². The molecule has 0 amide bonds. The van der Waals surface area contributed by atoms with Crippen LogP contribution in [0.15, 0.2) is 47.3 Å². The van der Waals surface area contributed by atoms with E-state index in [0.29, 0.717) is 6.42 Å². The number of rotatable bonds is 8. The third-order valence-corrected chi connectivity index (χ3v) is 2.78. The van der Waals surface area contributed by atoms with E-state index >= 15 is 0 Å². The summed E-state index contributed by atoms with van der Waals surface area (Å²) in [4.78, 5) is 27.7. The Balaban J connectivity index is 2.65. The monoisotopic (exact) mass is 320 g/mol. The maximum absolute atomic E-state index is 11.6. The van der Waals surface area contributed by atoms with Crippen LogP contribution in [0, 0.1) is 0 Å². The molecule has 0 bridgehead atoms. The number of nitrogens with two attached hydrogens (primary N) is 1. The summed E-state index contributed by atoms with van der Waals surface area (Å²) in [6.07, 6.45) is 2.16. The fourth-order valence-corrected chi connectivity index (χ4v) is 1.63. The number of nitrogens with zero attached hydrogens (tertiary/aromatic N) is 1. The van der Waals surface area contributed by atoms with E-state index in [1.165, 1.54) is 20.3 Å². The molecule has 0 saturated carbocycles. The fraction of sp³-hybridized carbons (Fsp3) is 0.312. The Morgan fingerprint density at radius 1 is 1.17 bits per heavy atom. The summed E-state index contributed by atoms with van der Waals surface area (Å²) in [6, 6.07) is 9.46. The molecule has 0 radical (unpaired) electrons. The Kier molecular flexibility index (Phi) is 7.91. The molecule has 0 unspecified atom stereocenters. The van der Waals surface area contributed by atoms with Gasteiger partial charge in [-0.25, -0.2) is 4.79 Å². The Hall–Kier alpha value is -2.83. The molecule has 23 heavy (non-hydrogen) atoms. The summed E-state index contributed by atoms with van der Waals surface area (Å²) in [5, 5.41) is 3.72. The number of oxime groups is 1. The number of carbonyl (C=O) groups excluding carboxylic acids is 2. The Labute approximate surface area is 134 Å². The van der Waals surface area contributed by atoms with Crippen LogP contribution in [-0.4, -0.2) is 32.0 Å². The minimum atomic E-state index is -0.703. The van der Waals surface area contributed by atoms with Gasteiger partial charge in [-0.2, -0.15) is 0 Å². The first kappa shape index (κ1) is 18.2. The van der Waals surface area contributed by atoms with Gasteiger partial charge < -0.3 is 20.0 Å². The van der Waals surface area contributed by atoms with E-state index in [9.17, 15) is 9.59 Å². The third kappa shape index (κ3) is 7.12. The van der Waals surface area contributed by atoms with Gasteiger partial charge in [0.15, 0.2) is 0 Å². The molecule has 0 aromatic heterocycles. The van der Waals surface area contributed by atoms with Gasteiger partial charge in [0.1, 0.15) is 5.84 Å². The molecule has 0 heterocycles. The third-order valence-electron chi connectivity index (χ3n) is 2.78. The molecule has 1 rings (SSSR count). The first-order valence-corrected chi connectivity index (χ1v) is 6.95. The summed E-state index contributed by atoms with van der Waals surface area (Å²) in [7, 11) is 2.51. The van der Waals surface area contributed by atoms with Crippen molar-refractivity contribution in [3.63, 3.8) is 0 Å². The van der Waals surface area contributed by atoms with Crippen LogP contribution in [0.25, 0.3) is 0 Å². The molecular weight excluding hydrogens is 300 g/mol. The van der Waals surface area contributed by atoms with Crippen molar-refractivity contribution in [2.45, 2.75) is 19.3 Å². The SMILES string of the molecule is COC(=O)CC/C=C(/O/N=C(\N)Cc1ccccc1)C(=O)OC. The highest BCUT2D eigenvalue weighted by Gasteiger charge is 2.12. The molecule has 2 N–H and O–H groups in total. The highest BCUT2D eigenvalue weighted by atomic mass is 16.7. The topological polar surface area (TPSA) is 100 Å². The van der Waals surface area contributed by atoms with Crippen LogP contribution < -0.4 is 5.73 Å². The number of ether oxygens (including phenoxy) is 2. The first-order valence-electron chi connectivity index (χ1n) is 6.95. The van der Waals surface area contributed by atoms with Gasteiger partial charge in [-0.3, -0.25) is 4.79 Å². The average molecular weight is 320 g/mol. The second-order valence-electron chi connectivity index (χ2n) is 4.51. The van der Waals surface area contributed by atoms with Gasteiger partial charge >= 0.3 is 11.9 Å². The molecule has 0 fully saturated rings. The molecule has 1 aromatic rings. The molecule has 7 heteroatoms. The van der Waals surface area contributed by atoms with E-state index in [2.05, 4.69) is 14.6 Å². The van der Waals surface area contributed by atoms with Gasteiger partial charge in [0, 0.05) is 12.8 Å². The van der Waals surface area contributed by atoms with Crippen molar-refractivity contribution in [3.05, 3.63) is 47.7 Å². The van der Waals surface area contributed by atoms with E-state index in [1.54, 1.807) is 0 Å². The summed E-state index contributed by atoms with van der Waals surface area (Å²) >= 11 is 0. The van der Waals surface area contributed by atoms with Crippen LogP contribution in [0.3, 0.4) is 0 Å². The minimum Gasteiger partial charge on any atom is -0.469 e. The normalized spacial score (nSPS) is 11.7. The van der Waals surface area contributed by atoms with Crippen LogP contribution >= 0.6 is 0 Å². The molecule has 124 valence electrons. The lowest BCUT2D eigenvalue weighted by Gasteiger charge is -2.05. The highest BCUT2D eigenvalue weighted by Crippen LogP contribution is 2.06. The number of hydrogen-bond donors (Lipinski definition) is 1. The predicted octanol–water partition coefficient (Wildman–Crippen LogP) is 1.53. The summed E-state index contributed by atoms with van der Waals surface area (Å²) < 4.78 is 9.10. The van der Waals surface area contributed by atoms with E-state index in [1.807, 2.05) is 30.3 Å². The molecule has 0 spiro atoms. The number of hydrogen-bond acceptors (Lipinski definition) is 6. The van der Waals surface area contributed by atoms with Gasteiger partial charge in [0.25, 0.3) is 0 Å². The van der Waals surface area contributed by atoms with Gasteiger partial charge in [-0.1, -0.05) is 35.5 Å². The zero-order valence-corrected chi connectivity index (χ0v) is 13.2. The van der Waals surface area contributed by atoms with Gasteiger partial charge in [-0.15, -0.1) is 0 Å². The van der Waals surface area contributed by atoms with Gasteiger partial charge in [0.2, 0.25) is 5.76 Å². The van der Waals surface area contributed by atoms with Gasteiger partial charge in [0.05, 0.1) is 14.2 Å². The van der Waals surface area contributed by atoms with Crippen molar-refractivity contribution in [1.82, 2.24) is 0 Å². The molecule has 0 atom stereocenters. The molecular formula is C16H20N2O5. The fourth-order valence-electron chi connectivity index (χ4n) is 1.63. The maximum Gasteiger partial charge on any atom is 0.376 e. The first-order chi connectivity index (χ1) is 11.1.